The van der Waals surface area contributed by atoms with Crippen molar-refractivity contribution in [3.63, 3.8) is 0 Å². The van der Waals surface area contributed by atoms with Crippen LogP contribution in [0.4, 0.5) is 5.69 Å². The van der Waals surface area contributed by atoms with Crippen LogP contribution in [0.5, 0.6) is 11.5 Å². The number of ether oxygens (including phenoxy) is 1. The van der Waals surface area contributed by atoms with Gasteiger partial charge in [0.15, 0.2) is 22.3 Å². The molecule has 1 amide bonds. The lowest BCUT2D eigenvalue weighted by Gasteiger charge is -2.07. The molecule has 2 aromatic rings. The number of hydrazone groups is 1. The molecule has 0 saturated heterocycles. The Morgan fingerprint density at radius 1 is 1.38 bits per heavy atom. The Labute approximate surface area is 152 Å². The van der Waals surface area contributed by atoms with Crippen LogP contribution in [0.3, 0.4) is 0 Å². The molecule has 24 heavy (non-hydrogen) atoms. The van der Waals surface area contributed by atoms with E-state index < -0.39 is 5.91 Å². The number of methoxy groups -OCH3 is 1. The first-order valence-electron chi connectivity index (χ1n) is 6.35. The number of hydrogen-bond acceptors (Lipinski definition) is 6. The molecule has 1 aromatic heterocycles. The van der Waals surface area contributed by atoms with Gasteiger partial charge in [0.2, 0.25) is 0 Å². The molecule has 0 fully saturated rings. The van der Waals surface area contributed by atoms with Gasteiger partial charge in [0, 0.05) is 0 Å². The average molecular weight is 390 g/mol. The fourth-order valence-corrected chi connectivity index (χ4v) is 2.28. The number of anilines is 1. The number of aromatic hydroxyl groups is 1. The number of phenolic OH excluding ortho intramolecular Hbond substituents is 1. The smallest absolute Gasteiger partial charge is 0.291 e. The van der Waals surface area contributed by atoms with Crippen molar-refractivity contribution in [2.75, 3.05) is 12.8 Å². The fourth-order valence-electron chi connectivity index (χ4n) is 1.69. The molecule has 1 aromatic carbocycles. The van der Waals surface area contributed by atoms with E-state index >= 15 is 0 Å². The third-order valence-corrected chi connectivity index (χ3v) is 4.01. The maximum absolute atomic E-state index is 12.0. The van der Waals surface area contributed by atoms with Crippen molar-refractivity contribution in [2.24, 2.45) is 5.10 Å². The third-order valence-electron chi connectivity index (χ3n) is 2.87. The summed E-state index contributed by atoms with van der Waals surface area (Å²) in [6.07, 6.45) is 1.31. The summed E-state index contributed by atoms with van der Waals surface area (Å²) in [6.45, 7) is 0. The van der Waals surface area contributed by atoms with E-state index in [-0.39, 0.29) is 32.3 Å². The molecule has 0 aliphatic rings. The molecule has 0 atom stereocenters. The van der Waals surface area contributed by atoms with Gasteiger partial charge in [0.1, 0.15) is 5.02 Å². The zero-order valence-corrected chi connectivity index (χ0v) is 14.4. The first-order chi connectivity index (χ1) is 11.3. The summed E-state index contributed by atoms with van der Waals surface area (Å²) in [7, 11) is 1.43. The van der Waals surface area contributed by atoms with Crippen molar-refractivity contribution in [2.45, 2.75) is 0 Å². The summed E-state index contributed by atoms with van der Waals surface area (Å²) in [5, 5.41) is 13.1. The number of phenols is 1. The van der Waals surface area contributed by atoms with Gasteiger partial charge in [-0.25, -0.2) is 10.4 Å². The Kier molecular flexibility index (Phi) is 5.71. The minimum Gasteiger partial charge on any atom is -0.504 e. The lowest BCUT2D eigenvalue weighted by Crippen LogP contribution is -2.20. The first-order valence-corrected chi connectivity index (χ1v) is 7.49. The number of nitrogens with one attached hydrogen (secondary N) is 1. The largest absolute Gasteiger partial charge is 0.504 e. The Balaban J connectivity index is 2.15. The molecular formula is C14H11Cl3N4O3. The maximum Gasteiger partial charge on any atom is 0.291 e. The molecule has 0 aliphatic carbocycles. The van der Waals surface area contributed by atoms with Gasteiger partial charge in [0.05, 0.1) is 24.0 Å². The molecule has 2 rings (SSSR count). The third kappa shape index (κ3) is 3.81. The van der Waals surface area contributed by atoms with Crippen molar-refractivity contribution in [3.8, 4) is 11.5 Å². The zero-order valence-electron chi connectivity index (χ0n) is 12.2. The average Bonchev–Trinajstić information content (AvgIpc) is 2.56. The highest BCUT2D eigenvalue weighted by Gasteiger charge is 2.19. The first kappa shape index (κ1) is 18.1. The van der Waals surface area contributed by atoms with Gasteiger partial charge in [-0.3, -0.25) is 4.79 Å². The standard InChI is InChI=1S/C14H11Cl3N4O3/c1-24-8-3-2-6(4-7(8)22)5-19-21-14(23)12-9(15)11(18)10(16)13(17)20-12/h2-5,22H,1H3,(H2,18,20)(H,21,23). The molecule has 0 spiro atoms. The summed E-state index contributed by atoms with van der Waals surface area (Å²) >= 11 is 17.5. The minimum absolute atomic E-state index is 0.0320. The summed E-state index contributed by atoms with van der Waals surface area (Å²) in [5.41, 5.74) is 8.13. The van der Waals surface area contributed by atoms with E-state index in [1.807, 2.05) is 0 Å². The van der Waals surface area contributed by atoms with Gasteiger partial charge in [-0.15, -0.1) is 0 Å². The molecular weight excluding hydrogens is 379 g/mol. The topological polar surface area (TPSA) is 110 Å². The minimum atomic E-state index is -0.723. The monoisotopic (exact) mass is 388 g/mol. The van der Waals surface area contributed by atoms with Crippen LogP contribution in [-0.2, 0) is 0 Å². The van der Waals surface area contributed by atoms with Crippen LogP contribution in [-0.4, -0.2) is 29.3 Å². The van der Waals surface area contributed by atoms with Crippen LogP contribution in [0, 0.1) is 0 Å². The van der Waals surface area contributed by atoms with Crippen molar-refractivity contribution >= 4 is 52.6 Å². The molecule has 0 aliphatic heterocycles. The number of nitrogens with two attached hydrogens (primary N) is 1. The molecule has 7 nitrogen and oxygen atoms in total. The van der Waals surface area contributed by atoms with E-state index in [4.69, 9.17) is 45.3 Å². The number of amides is 1. The second kappa shape index (κ2) is 7.57. The zero-order chi connectivity index (χ0) is 17.9. The van der Waals surface area contributed by atoms with Crippen LogP contribution >= 0.6 is 34.8 Å². The van der Waals surface area contributed by atoms with Gasteiger partial charge >= 0.3 is 0 Å². The predicted octanol–water partition coefficient (Wildman–Crippen LogP) is 3.10. The quantitative estimate of drug-likeness (QED) is 0.423. The number of pyridine rings is 1. The lowest BCUT2D eigenvalue weighted by atomic mass is 10.2. The van der Waals surface area contributed by atoms with Gasteiger partial charge < -0.3 is 15.6 Å². The van der Waals surface area contributed by atoms with E-state index in [1.165, 1.54) is 19.4 Å². The van der Waals surface area contributed by atoms with E-state index in [9.17, 15) is 9.90 Å². The highest BCUT2D eigenvalue weighted by molar-refractivity contribution is 6.46. The number of aromatic nitrogens is 1. The number of carbonyl (C=O) groups excluding carboxylic acids is 1. The number of halogens is 3. The predicted molar refractivity (Wildman–Crippen MR) is 93.4 cm³/mol. The summed E-state index contributed by atoms with van der Waals surface area (Å²) in [6, 6.07) is 4.60. The number of nitrogen functional groups attached to an aromatic ring is 1. The highest BCUT2D eigenvalue weighted by Crippen LogP contribution is 2.34. The molecule has 1 heterocycles. The van der Waals surface area contributed by atoms with Gasteiger partial charge in [0.25, 0.3) is 5.91 Å². The van der Waals surface area contributed by atoms with Crippen LogP contribution in [0.15, 0.2) is 23.3 Å². The second-order valence-corrected chi connectivity index (χ2v) is 5.54. The van der Waals surface area contributed by atoms with Crippen molar-refractivity contribution in [3.05, 3.63) is 44.7 Å². The van der Waals surface area contributed by atoms with E-state index in [0.29, 0.717) is 11.3 Å². The summed E-state index contributed by atoms with van der Waals surface area (Å²) in [4.78, 5) is 15.8. The van der Waals surface area contributed by atoms with Crippen LogP contribution in [0.25, 0.3) is 0 Å². The van der Waals surface area contributed by atoms with Crippen LogP contribution in [0.2, 0.25) is 15.2 Å². The van der Waals surface area contributed by atoms with Gasteiger partial charge in [-0.2, -0.15) is 5.10 Å². The second-order valence-electron chi connectivity index (χ2n) is 4.42. The molecule has 0 radical (unpaired) electrons. The highest BCUT2D eigenvalue weighted by atomic mass is 35.5. The molecule has 4 N–H and O–H groups in total. The SMILES string of the molecule is COc1ccc(C=NNC(=O)c2nc(Cl)c(Cl)c(N)c2Cl)cc1O. The number of benzene rings is 1. The fraction of sp³-hybridized carbons (Fsp3) is 0.0714. The van der Waals surface area contributed by atoms with Gasteiger partial charge in [-0.05, 0) is 23.8 Å². The normalized spacial score (nSPS) is 10.8. The van der Waals surface area contributed by atoms with Gasteiger partial charge in [-0.1, -0.05) is 34.8 Å². The van der Waals surface area contributed by atoms with E-state index in [1.54, 1.807) is 12.1 Å². The Hall–Kier alpha value is -2.22. The number of carbonyl (C=O) groups is 1. The number of nitrogens with zero attached hydrogens (tertiary/aromatic N) is 2. The molecule has 10 heteroatoms. The van der Waals surface area contributed by atoms with Crippen molar-refractivity contribution < 1.29 is 14.6 Å². The Morgan fingerprint density at radius 2 is 2.08 bits per heavy atom. The van der Waals surface area contributed by atoms with Crippen molar-refractivity contribution in [1.29, 1.82) is 0 Å². The maximum atomic E-state index is 12.0. The number of hydrogen-bond donors (Lipinski definition) is 3. The van der Waals surface area contributed by atoms with E-state index in [2.05, 4.69) is 15.5 Å². The molecule has 0 bridgehead atoms. The Morgan fingerprint density at radius 3 is 2.71 bits per heavy atom. The summed E-state index contributed by atoms with van der Waals surface area (Å²) in [5.74, 6) is -0.465. The Bertz CT molecular complexity index is 827. The van der Waals surface area contributed by atoms with Crippen LogP contribution < -0.4 is 15.9 Å². The summed E-state index contributed by atoms with van der Waals surface area (Å²) < 4.78 is 4.92. The number of rotatable bonds is 4. The van der Waals surface area contributed by atoms with E-state index in [0.717, 1.165) is 0 Å². The lowest BCUT2D eigenvalue weighted by molar-refractivity contribution is 0.0950. The molecule has 0 unspecified atom stereocenters. The van der Waals surface area contributed by atoms with Crippen molar-refractivity contribution in [1.82, 2.24) is 10.4 Å². The molecule has 0 saturated carbocycles. The molecule has 126 valence electrons. The van der Waals surface area contributed by atoms with Crippen LogP contribution in [0.1, 0.15) is 16.1 Å².